The summed E-state index contributed by atoms with van der Waals surface area (Å²) >= 11 is 1.55. The van der Waals surface area contributed by atoms with E-state index in [1.165, 1.54) is 42.5 Å². The van der Waals surface area contributed by atoms with Gasteiger partial charge in [-0.2, -0.15) is 0 Å². The maximum absolute atomic E-state index is 13.7. The van der Waals surface area contributed by atoms with Gasteiger partial charge in [0.15, 0.2) is 11.6 Å². The van der Waals surface area contributed by atoms with Gasteiger partial charge >= 0.3 is 0 Å². The van der Waals surface area contributed by atoms with Gasteiger partial charge in [-0.05, 0) is 55.5 Å². The minimum Gasteiger partial charge on any atom is -0.494 e. The first-order chi connectivity index (χ1) is 9.69. The van der Waals surface area contributed by atoms with Crippen LogP contribution in [0.5, 0.6) is 5.75 Å². The van der Waals surface area contributed by atoms with E-state index in [9.17, 15) is 9.18 Å². The Bertz CT molecular complexity index is 637. The number of fused-ring (bicyclic) bond motifs is 1. The Labute approximate surface area is 121 Å². The van der Waals surface area contributed by atoms with E-state index in [0.29, 0.717) is 10.4 Å². The zero-order valence-electron chi connectivity index (χ0n) is 11.2. The molecule has 0 spiro atoms. The number of hydrogen-bond acceptors (Lipinski definition) is 3. The van der Waals surface area contributed by atoms with Crippen molar-refractivity contribution in [1.82, 2.24) is 0 Å². The summed E-state index contributed by atoms with van der Waals surface area (Å²) in [7, 11) is 1.41. The molecule has 0 saturated carbocycles. The van der Waals surface area contributed by atoms with Gasteiger partial charge in [-0.15, -0.1) is 11.3 Å². The number of hydrogen-bond donors (Lipinski definition) is 0. The molecule has 1 aliphatic rings. The van der Waals surface area contributed by atoms with Crippen LogP contribution in [0.4, 0.5) is 4.39 Å². The molecule has 1 heterocycles. The van der Waals surface area contributed by atoms with Crippen molar-refractivity contribution in [3.05, 3.63) is 51.0 Å². The van der Waals surface area contributed by atoms with Crippen molar-refractivity contribution in [3.8, 4) is 5.75 Å². The molecule has 1 aromatic carbocycles. The number of carbonyl (C=O) groups is 1. The van der Waals surface area contributed by atoms with Gasteiger partial charge in [-0.25, -0.2) is 4.39 Å². The van der Waals surface area contributed by atoms with Crippen LogP contribution in [0.2, 0.25) is 0 Å². The molecule has 0 atom stereocenters. The summed E-state index contributed by atoms with van der Waals surface area (Å²) in [6, 6.07) is 6.34. The lowest BCUT2D eigenvalue weighted by Crippen LogP contribution is -2.00. The van der Waals surface area contributed by atoms with Gasteiger partial charge in [0.05, 0.1) is 12.0 Å². The predicted octanol–water partition coefficient (Wildman–Crippen LogP) is 4.01. The summed E-state index contributed by atoms with van der Waals surface area (Å²) in [6.45, 7) is 0. The summed E-state index contributed by atoms with van der Waals surface area (Å²) in [5.41, 5.74) is 1.67. The maximum atomic E-state index is 13.7. The summed E-state index contributed by atoms with van der Waals surface area (Å²) in [6.07, 6.45) is 4.49. The van der Waals surface area contributed by atoms with Crippen LogP contribution in [-0.4, -0.2) is 12.9 Å². The lowest BCUT2D eigenvalue weighted by molar-refractivity contribution is 0.104. The highest BCUT2D eigenvalue weighted by molar-refractivity contribution is 7.14. The van der Waals surface area contributed by atoms with E-state index in [2.05, 4.69) is 0 Å². The fourth-order valence-electron chi connectivity index (χ4n) is 2.55. The molecule has 0 amide bonds. The molecule has 0 aliphatic heterocycles. The van der Waals surface area contributed by atoms with Gasteiger partial charge in [0.2, 0.25) is 5.78 Å². The number of methoxy groups -OCH3 is 1. The quantitative estimate of drug-likeness (QED) is 0.798. The van der Waals surface area contributed by atoms with Crippen LogP contribution in [0, 0.1) is 5.82 Å². The molecule has 3 rings (SSSR count). The Kier molecular flexibility index (Phi) is 3.57. The largest absolute Gasteiger partial charge is 0.494 e. The van der Waals surface area contributed by atoms with Crippen LogP contribution in [0.1, 0.15) is 38.5 Å². The van der Waals surface area contributed by atoms with Crippen molar-refractivity contribution >= 4 is 17.1 Å². The van der Waals surface area contributed by atoms with Gasteiger partial charge in [-0.3, -0.25) is 4.79 Å². The lowest BCUT2D eigenvalue weighted by Gasteiger charge is -2.08. The van der Waals surface area contributed by atoms with Gasteiger partial charge < -0.3 is 4.74 Å². The molecule has 20 heavy (non-hydrogen) atoms. The Balaban J connectivity index is 1.92. The van der Waals surface area contributed by atoms with E-state index >= 15 is 0 Å². The minimum atomic E-state index is -0.500. The molecule has 0 fully saturated rings. The van der Waals surface area contributed by atoms with Gasteiger partial charge in [-0.1, -0.05) is 0 Å². The summed E-state index contributed by atoms with van der Waals surface area (Å²) < 4.78 is 18.5. The monoisotopic (exact) mass is 290 g/mol. The number of aryl methyl sites for hydroxylation is 2. The molecule has 1 aliphatic carbocycles. The Morgan fingerprint density at radius 2 is 2.05 bits per heavy atom. The highest BCUT2D eigenvalue weighted by Crippen LogP contribution is 2.31. The van der Waals surface area contributed by atoms with Crippen LogP contribution < -0.4 is 4.74 Å². The Morgan fingerprint density at radius 3 is 2.75 bits per heavy atom. The van der Waals surface area contributed by atoms with E-state index in [1.54, 1.807) is 17.4 Å². The smallest absolute Gasteiger partial charge is 0.203 e. The first kappa shape index (κ1) is 13.3. The third-order valence-corrected chi connectivity index (χ3v) is 4.87. The Hall–Kier alpha value is -1.68. The molecule has 0 N–H and O–H groups in total. The molecule has 0 radical (unpaired) electrons. The molecule has 0 unspecified atom stereocenters. The standard InChI is InChI=1S/C16H15FO2S/c1-19-13-7-6-11(8-12(13)17)16(18)15-9-10-4-2-3-5-14(10)20-15/h6-9H,2-5H2,1H3. The number of ether oxygens (including phenoxy) is 1. The van der Waals surface area contributed by atoms with Crippen molar-refractivity contribution in [2.75, 3.05) is 7.11 Å². The molecule has 104 valence electrons. The average molecular weight is 290 g/mol. The second-order valence-electron chi connectivity index (χ2n) is 4.94. The molecular formula is C16H15FO2S. The van der Waals surface area contributed by atoms with Crippen LogP contribution >= 0.6 is 11.3 Å². The van der Waals surface area contributed by atoms with Crippen molar-refractivity contribution in [2.45, 2.75) is 25.7 Å². The van der Waals surface area contributed by atoms with Crippen molar-refractivity contribution < 1.29 is 13.9 Å². The number of carbonyl (C=O) groups excluding carboxylic acids is 1. The topological polar surface area (TPSA) is 26.3 Å². The first-order valence-electron chi connectivity index (χ1n) is 6.69. The number of ketones is 1. The van der Waals surface area contributed by atoms with E-state index in [4.69, 9.17) is 4.74 Å². The second-order valence-corrected chi connectivity index (χ2v) is 6.08. The fraction of sp³-hybridized carbons (Fsp3) is 0.312. The number of rotatable bonds is 3. The zero-order chi connectivity index (χ0) is 14.1. The zero-order valence-corrected chi connectivity index (χ0v) is 12.1. The third-order valence-electron chi connectivity index (χ3n) is 3.63. The summed E-state index contributed by atoms with van der Waals surface area (Å²) in [5, 5.41) is 0. The number of benzene rings is 1. The van der Waals surface area contributed by atoms with E-state index in [0.717, 1.165) is 12.8 Å². The highest BCUT2D eigenvalue weighted by atomic mass is 32.1. The molecule has 4 heteroatoms. The molecule has 1 aromatic heterocycles. The van der Waals surface area contributed by atoms with E-state index < -0.39 is 5.82 Å². The van der Waals surface area contributed by atoms with Crippen molar-refractivity contribution in [3.63, 3.8) is 0 Å². The number of halogens is 1. The summed E-state index contributed by atoms with van der Waals surface area (Å²) in [4.78, 5) is 14.4. The predicted molar refractivity (Wildman–Crippen MR) is 77.3 cm³/mol. The van der Waals surface area contributed by atoms with Crippen LogP contribution in [0.3, 0.4) is 0 Å². The van der Waals surface area contributed by atoms with Crippen molar-refractivity contribution in [1.29, 1.82) is 0 Å². The minimum absolute atomic E-state index is 0.106. The van der Waals surface area contributed by atoms with E-state index in [1.807, 2.05) is 6.07 Å². The van der Waals surface area contributed by atoms with Gasteiger partial charge in [0.25, 0.3) is 0 Å². The summed E-state index contributed by atoms with van der Waals surface area (Å²) in [5.74, 6) is -0.447. The first-order valence-corrected chi connectivity index (χ1v) is 7.50. The van der Waals surface area contributed by atoms with Crippen LogP contribution in [0.15, 0.2) is 24.3 Å². The van der Waals surface area contributed by atoms with Gasteiger partial charge in [0, 0.05) is 10.4 Å². The van der Waals surface area contributed by atoms with Crippen LogP contribution in [0.25, 0.3) is 0 Å². The van der Waals surface area contributed by atoms with Gasteiger partial charge in [0.1, 0.15) is 0 Å². The number of thiophene rings is 1. The molecule has 0 bridgehead atoms. The SMILES string of the molecule is COc1ccc(C(=O)c2cc3c(s2)CCCC3)cc1F. The normalized spacial score (nSPS) is 13.9. The van der Waals surface area contributed by atoms with Crippen molar-refractivity contribution in [2.24, 2.45) is 0 Å². The second kappa shape index (κ2) is 5.37. The maximum Gasteiger partial charge on any atom is 0.203 e. The lowest BCUT2D eigenvalue weighted by atomic mass is 9.98. The molecule has 2 nitrogen and oxygen atoms in total. The third kappa shape index (κ3) is 2.36. The molecule has 2 aromatic rings. The molecular weight excluding hydrogens is 275 g/mol. The average Bonchev–Trinajstić information content (AvgIpc) is 2.90. The molecule has 0 saturated heterocycles. The Morgan fingerprint density at radius 1 is 1.25 bits per heavy atom. The highest BCUT2D eigenvalue weighted by Gasteiger charge is 2.19. The van der Waals surface area contributed by atoms with Crippen LogP contribution in [-0.2, 0) is 12.8 Å². The fourth-order valence-corrected chi connectivity index (χ4v) is 3.77. The van der Waals surface area contributed by atoms with E-state index in [-0.39, 0.29) is 11.5 Å².